The lowest BCUT2D eigenvalue weighted by Crippen LogP contribution is -2.42. The summed E-state index contributed by atoms with van der Waals surface area (Å²) in [6.07, 6.45) is 5.37. The molecule has 3 heterocycles. The van der Waals surface area contributed by atoms with Crippen LogP contribution in [0.15, 0.2) is 30.7 Å². The summed E-state index contributed by atoms with van der Waals surface area (Å²) in [4.78, 5) is 31.1. The van der Waals surface area contributed by atoms with Crippen molar-refractivity contribution in [1.29, 1.82) is 0 Å². The van der Waals surface area contributed by atoms with Gasteiger partial charge < -0.3 is 16.4 Å². The van der Waals surface area contributed by atoms with Crippen LogP contribution in [-0.4, -0.2) is 56.7 Å². The van der Waals surface area contributed by atoms with Crippen LogP contribution in [0.1, 0.15) is 29.3 Å². The topological polar surface area (TPSA) is 118 Å². The number of carbonyl (C=O) groups excluding carboxylic acids is 2. The highest BCUT2D eigenvalue weighted by atomic mass is 16.2. The Balaban J connectivity index is 1.71. The fourth-order valence-corrected chi connectivity index (χ4v) is 3.36. The number of aromatic nitrogens is 3. The number of rotatable bonds is 6. The van der Waals surface area contributed by atoms with Crippen molar-refractivity contribution in [2.75, 3.05) is 18.8 Å². The monoisotopic (exact) mass is 371 g/mol. The maximum atomic E-state index is 12.5. The molecule has 9 heteroatoms. The van der Waals surface area contributed by atoms with E-state index in [0.717, 1.165) is 5.56 Å². The number of amides is 2. The van der Waals surface area contributed by atoms with Gasteiger partial charge >= 0.3 is 0 Å². The van der Waals surface area contributed by atoms with Crippen molar-refractivity contribution < 1.29 is 9.59 Å². The zero-order valence-corrected chi connectivity index (χ0v) is 15.6. The maximum Gasteiger partial charge on any atom is 0.254 e. The van der Waals surface area contributed by atoms with Gasteiger partial charge in [0.05, 0.1) is 17.8 Å². The molecule has 1 aliphatic heterocycles. The van der Waals surface area contributed by atoms with E-state index in [0.29, 0.717) is 37.4 Å². The van der Waals surface area contributed by atoms with Gasteiger partial charge in [-0.1, -0.05) is 6.07 Å². The molecule has 144 valence electrons. The van der Waals surface area contributed by atoms with Crippen LogP contribution in [0.4, 0.5) is 5.82 Å². The van der Waals surface area contributed by atoms with Crippen LogP contribution in [0.25, 0.3) is 0 Å². The minimum atomic E-state index is -0.330. The Morgan fingerprint density at radius 1 is 1.41 bits per heavy atom. The molecular weight excluding hydrogens is 346 g/mol. The van der Waals surface area contributed by atoms with Crippen LogP contribution in [-0.2, 0) is 18.4 Å². The van der Waals surface area contributed by atoms with E-state index in [1.165, 1.54) is 6.20 Å². The van der Waals surface area contributed by atoms with E-state index in [-0.39, 0.29) is 23.9 Å². The molecule has 0 unspecified atom stereocenters. The number of nitrogens with one attached hydrogen (secondary N) is 2. The van der Waals surface area contributed by atoms with Crippen LogP contribution < -0.4 is 16.4 Å². The SMILES string of the molecule is CCNC(=O)[C@@H]1C[C@H](NC(=O)c2cnn(C)c2)CN1Cc1cccnc1N. The number of anilines is 1. The van der Waals surface area contributed by atoms with E-state index >= 15 is 0 Å². The minimum Gasteiger partial charge on any atom is -0.383 e. The highest BCUT2D eigenvalue weighted by Gasteiger charge is 2.37. The lowest BCUT2D eigenvalue weighted by molar-refractivity contribution is -0.125. The van der Waals surface area contributed by atoms with Gasteiger partial charge in [-0.15, -0.1) is 0 Å². The van der Waals surface area contributed by atoms with Crippen molar-refractivity contribution in [1.82, 2.24) is 30.3 Å². The van der Waals surface area contributed by atoms with Crippen LogP contribution in [0.3, 0.4) is 0 Å². The number of nitrogens with two attached hydrogens (primary N) is 1. The summed E-state index contributed by atoms with van der Waals surface area (Å²) in [5.74, 6) is 0.221. The summed E-state index contributed by atoms with van der Waals surface area (Å²) >= 11 is 0. The van der Waals surface area contributed by atoms with E-state index in [2.05, 4.69) is 20.7 Å². The summed E-state index contributed by atoms with van der Waals surface area (Å²) in [7, 11) is 1.76. The summed E-state index contributed by atoms with van der Waals surface area (Å²) in [6, 6.07) is 3.26. The van der Waals surface area contributed by atoms with Gasteiger partial charge in [-0.2, -0.15) is 5.10 Å². The average molecular weight is 371 g/mol. The van der Waals surface area contributed by atoms with Gasteiger partial charge in [0.1, 0.15) is 5.82 Å². The Labute approximate surface area is 157 Å². The zero-order chi connectivity index (χ0) is 19.4. The van der Waals surface area contributed by atoms with Crippen LogP contribution in [0.5, 0.6) is 0 Å². The second-order valence-corrected chi connectivity index (χ2v) is 6.70. The van der Waals surface area contributed by atoms with Gasteiger partial charge in [-0.3, -0.25) is 19.2 Å². The Hall–Kier alpha value is -2.94. The molecule has 1 saturated heterocycles. The number of nitrogen functional groups attached to an aromatic ring is 1. The van der Waals surface area contributed by atoms with Gasteiger partial charge in [-0.25, -0.2) is 4.98 Å². The molecule has 2 aromatic heterocycles. The lowest BCUT2D eigenvalue weighted by Gasteiger charge is -2.23. The Morgan fingerprint density at radius 2 is 2.22 bits per heavy atom. The zero-order valence-electron chi connectivity index (χ0n) is 15.6. The standard InChI is InChI=1S/C18H25N7O2/c1-3-20-18(27)15-7-14(23-17(26)13-8-22-24(2)9-13)11-25(15)10-12-5-4-6-21-16(12)19/h4-6,8-9,14-15H,3,7,10-11H2,1-2H3,(H2,19,21)(H,20,27)(H,23,26)/t14-,15-/m0/s1. The first-order chi connectivity index (χ1) is 13.0. The van der Waals surface area contributed by atoms with Gasteiger partial charge in [0, 0.05) is 50.7 Å². The van der Waals surface area contributed by atoms with Crippen LogP contribution in [0, 0.1) is 0 Å². The molecule has 4 N–H and O–H groups in total. The van der Waals surface area contributed by atoms with Gasteiger partial charge in [0.2, 0.25) is 5.91 Å². The first-order valence-corrected chi connectivity index (χ1v) is 8.98. The summed E-state index contributed by atoms with van der Waals surface area (Å²) in [5.41, 5.74) is 7.32. The molecule has 0 aliphatic carbocycles. The van der Waals surface area contributed by atoms with E-state index in [1.807, 2.05) is 24.0 Å². The van der Waals surface area contributed by atoms with Gasteiger partial charge in [0.25, 0.3) is 5.91 Å². The van der Waals surface area contributed by atoms with Crippen molar-refractivity contribution in [2.45, 2.75) is 32.0 Å². The molecule has 27 heavy (non-hydrogen) atoms. The van der Waals surface area contributed by atoms with Gasteiger partial charge in [-0.05, 0) is 19.4 Å². The smallest absolute Gasteiger partial charge is 0.254 e. The number of likely N-dealkylation sites (tertiary alicyclic amines) is 1. The number of aryl methyl sites for hydroxylation is 1. The van der Waals surface area contributed by atoms with Crippen molar-refractivity contribution in [3.8, 4) is 0 Å². The maximum absolute atomic E-state index is 12.5. The first kappa shape index (κ1) is 18.8. The first-order valence-electron chi connectivity index (χ1n) is 8.98. The average Bonchev–Trinajstić information content (AvgIpc) is 3.23. The van der Waals surface area contributed by atoms with E-state index < -0.39 is 0 Å². The predicted molar refractivity (Wildman–Crippen MR) is 101 cm³/mol. The van der Waals surface area contributed by atoms with Gasteiger partial charge in [0.15, 0.2) is 0 Å². The Kier molecular flexibility index (Phi) is 5.70. The third-order valence-corrected chi connectivity index (χ3v) is 4.66. The van der Waals surface area contributed by atoms with E-state index in [1.54, 1.807) is 24.1 Å². The quantitative estimate of drug-likeness (QED) is 0.653. The summed E-state index contributed by atoms with van der Waals surface area (Å²) in [5, 5.41) is 9.90. The molecule has 0 spiro atoms. The number of likely N-dealkylation sites (N-methyl/N-ethyl adjacent to an activating group) is 1. The molecule has 1 fully saturated rings. The second kappa shape index (κ2) is 8.17. The van der Waals surface area contributed by atoms with Crippen molar-refractivity contribution in [2.24, 2.45) is 7.05 Å². The highest BCUT2D eigenvalue weighted by Crippen LogP contribution is 2.23. The number of hydrogen-bond donors (Lipinski definition) is 3. The molecule has 3 rings (SSSR count). The molecule has 2 aromatic rings. The lowest BCUT2D eigenvalue weighted by atomic mass is 10.1. The molecule has 0 radical (unpaired) electrons. The van der Waals surface area contributed by atoms with E-state index in [4.69, 9.17) is 5.73 Å². The summed E-state index contributed by atoms with van der Waals surface area (Å²) in [6.45, 7) is 3.51. The Bertz CT molecular complexity index is 820. The molecule has 0 aromatic carbocycles. The van der Waals surface area contributed by atoms with Crippen molar-refractivity contribution in [3.05, 3.63) is 41.9 Å². The molecule has 2 atom stereocenters. The third kappa shape index (κ3) is 4.43. The molecule has 1 aliphatic rings. The molecule has 2 amide bonds. The largest absolute Gasteiger partial charge is 0.383 e. The van der Waals surface area contributed by atoms with E-state index in [9.17, 15) is 9.59 Å². The molecule has 0 bridgehead atoms. The molecule has 0 saturated carbocycles. The fourth-order valence-electron chi connectivity index (χ4n) is 3.36. The highest BCUT2D eigenvalue weighted by molar-refractivity contribution is 5.94. The Morgan fingerprint density at radius 3 is 2.89 bits per heavy atom. The number of nitrogens with zero attached hydrogens (tertiary/aromatic N) is 4. The van der Waals surface area contributed by atoms with Crippen molar-refractivity contribution >= 4 is 17.6 Å². The minimum absolute atomic E-state index is 0.0434. The third-order valence-electron chi connectivity index (χ3n) is 4.66. The van der Waals surface area contributed by atoms with Crippen molar-refractivity contribution in [3.63, 3.8) is 0 Å². The van der Waals surface area contributed by atoms with Crippen LogP contribution in [0.2, 0.25) is 0 Å². The molecule has 9 nitrogen and oxygen atoms in total. The second-order valence-electron chi connectivity index (χ2n) is 6.70. The number of carbonyl (C=O) groups is 2. The predicted octanol–water partition coefficient (Wildman–Crippen LogP) is -0.0937. The van der Waals surface area contributed by atoms with Crippen LogP contribution >= 0.6 is 0 Å². The fraction of sp³-hybridized carbons (Fsp3) is 0.444. The normalized spacial score (nSPS) is 19.8. The molecular formula is C18H25N7O2. The number of hydrogen-bond acceptors (Lipinski definition) is 6. The number of pyridine rings is 1. The summed E-state index contributed by atoms with van der Waals surface area (Å²) < 4.78 is 1.58.